The number of hydrogen-bond acceptors (Lipinski definition) is 6. The lowest BCUT2D eigenvalue weighted by molar-refractivity contribution is -0.167. The van der Waals surface area contributed by atoms with Crippen LogP contribution in [0.1, 0.15) is 303 Å². The van der Waals surface area contributed by atoms with Crippen LogP contribution in [0.25, 0.3) is 0 Å². The first-order valence-corrected chi connectivity index (χ1v) is 33.7. The number of unbranched alkanes of at least 4 members (excludes halogenated alkanes) is 27. The Labute approximate surface area is 500 Å². The maximum absolute atomic E-state index is 12.9. The Kier molecular flexibility index (Phi) is 64.3. The Bertz CT molecular complexity index is 1720. The summed E-state index contributed by atoms with van der Waals surface area (Å²) >= 11 is 0. The number of esters is 3. The van der Waals surface area contributed by atoms with E-state index in [-0.39, 0.29) is 31.1 Å². The summed E-state index contributed by atoms with van der Waals surface area (Å²) in [6, 6.07) is 0. The number of carbonyl (C=O) groups excluding carboxylic acids is 3. The lowest BCUT2D eigenvalue weighted by Gasteiger charge is -2.18. The molecule has 0 spiro atoms. The molecule has 0 rings (SSSR count). The first kappa shape index (κ1) is 76.5. The second-order valence-electron chi connectivity index (χ2n) is 22.0. The number of allylic oxidation sites excluding steroid dienone is 22. The quantitative estimate of drug-likeness (QED) is 0.0261. The van der Waals surface area contributed by atoms with Crippen molar-refractivity contribution in [1.82, 2.24) is 0 Å². The second-order valence-corrected chi connectivity index (χ2v) is 22.0. The minimum atomic E-state index is -0.791. The molecule has 0 aliphatic heterocycles. The van der Waals surface area contributed by atoms with Crippen molar-refractivity contribution >= 4 is 17.9 Å². The first-order valence-electron chi connectivity index (χ1n) is 33.7. The first-order chi connectivity index (χ1) is 40.0. The largest absolute Gasteiger partial charge is 0.462 e. The fraction of sp³-hybridized carbons (Fsp3) is 0.667. The molecule has 0 saturated carbocycles. The second kappa shape index (κ2) is 68.1. The highest BCUT2D eigenvalue weighted by Crippen LogP contribution is 2.15. The topological polar surface area (TPSA) is 78.9 Å². The highest BCUT2D eigenvalue weighted by Gasteiger charge is 2.19. The zero-order valence-electron chi connectivity index (χ0n) is 52.8. The zero-order valence-corrected chi connectivity index (χ0v) is 52.8. The van der Waals surface area contributed by atoms with Gasteiger partial charge in [0.25, 0.3) is 0 Å². The summed E-state index contributed by atoms with van der Waals surface area (Å²) in [5.74, 6) is -0.907. The van der Waals surface area contributed by atoms with Crippen molar-refractivity contribution in [3.05, 3.63) is 134 Å². The van der Waals surface area contributed by atoms with Crippen LogP contribution < -0.4 is 0 Å². The Morgan fingerprint density at radius 3 is 0.753 bits per heavy atom. The molecule has 0 aromatic heterocycles. The van der Waals surface area contributed by atoms with Crippen LogP contribution in [0.15, 0.2) is 134 Å². The van der Waals surface area contributed by atoms with E-state index < -0.39 is 6.10 Å². The van der Waals surface area contributed by atoms with E-state index >= 15 is 0 Å². The van der Waals surface area contributed by atoms with Gasteiger partial charge in [0, 0.05) is 19.3 Å². The van der Waals surface area contributed by atoms with Crippen LogP contribution in [0.5, 0.6) is 0 Å². The molecule has 6 heteroatoms. The zero-order chi connectivity index (χ0) is 58.5. The van der Waals surface area contributed by atoms with E-state index in [0.717, 1.165) is 141 Å². The van der Waals surface area contributed by atoms with Gasteiger partial charge in [0.15, 0.2) is 6.10 Å². The van der Waals surface area contributed by atoms with E-state index in [9.17, 15) is 14.4 Å². The lowest BCUT2D eigenvalue weighted by Crippen LogP contribution is -2.30. The molecule has 0 heterocycles. The van der Waals surface area contributed by atoms with Crippen molar-refractivity contribution in [3.63, 3.8) is 0 Å². The van der Waals surface area contributed by atoms with Gasteiger partial charge in [-0.15, -0.1) is 0 Å². The molecule has 81 heavy (non-hydrogen) atoms. The predicted molar refractivity (Wildman–Crippen MR) is 353 cm³/mol. The normalized spacial score (nSPS) is 13.0. The Hall–Kier alpha value is -4.45. The van der Waals surface area contributed by atoms with Crippen LogP contribution in [0.3, 0.4) is 0 Å². The third kappa shape index (κ3) is 66.2. The SMILES string of the molecule is CC/C=C\C/C=C\C/C=C\C/C=C\C/C=C\C/C=C\C/C=C\C/C=C\CCCCCCCCCCC(=O)OCC(COC(=O)CCCCCCCCCCC)OC(=O)CCCCCCCC/C=C\C/C=C\C/C=C\CCCCCCC. The van der Waals surface area contributed by atoms with Crippen LogP contribution in [0.2, 0.25) is 0 Å². The van der Waals surface area contributed by atoms with Gasteiger partial charge in [-0.1, -0.05) is 296 Å². The van der Waals surface area contributed by atoms with E-state index in [1.165, 1.54) is 122 Å². The van der Waals surface area contributed by atoms with Gasteiger partial charge >= 0.3 is 17.9 Å². The summed E-state index contributed by atoms with van der Waals surface area (Å²) in [7, 11) is 0. The Balaban J connectivity index is 4.24. The van der Waals surface area contributed by atoms with Gasteiger partial charge in [0.2, 0.25) is 0 Å². The molecule has 0 radical (unpaired) electrons. The van der Waals surface area contributed by atoms with E-state index in [2.05, 4.69) is 154 Å². The maximum Gasteiger partial charge on any atom is 0.306 e. The minimum absolute atomic E-state index is 0.0867. The molecular formula is C75H124O6. The summed E-state index contributed by atoms with van der Waals surface area (Å²) in [6.07, 6.45) is 96.1. The molecule has 0 bridgehead atoms. The van der Waals surface area contributed by atoms with E-state index in [1.54, 1.807) is 0 Å². The molecule has 1 unspecified atom stereocenters. The van der Waals surface area contributed by atoms with Crippen molar-refractivity contribution in [2.24, 2.45) is 0 Å². The van der Waals surface area contributed by atoms with Gasteiger partial charge in [-0.05, 0) is 122 Å². The van der Waals surface area contributed by atoms with Crippen molar-refractivity contribution < 1.29 is 28.6 Å². The van der Waals surface area contributed by atoms with Crippen molar-refractivity contribution in [3.8, 4) is 0 Å². The molecule has 0 aromatic rings. The van der Waals surface area contributed by atoms with Gasteiger partial charge in [0.05, 0.1) is 0 Å². The molecule has 0 aliphatic carbocycles. The van der Waals surface area contributed by atoms with Gasteiger partial charge in [0.1, 0.15) is 13.2 Å². The van der Waals surface area contributed by atoms with Crippen molar-refractivity contribution in [2.75, 3.05) is 13.2 Å². The molecule has 1 atom stereocenters. The van der Waals surface area contributed by atoms with Crippen LogP contribution in [0, 0.1) is 0 Å². The summed E-state index contributed by atoms with van der Waals surface area (Å²) < 4.78 is 16.9. The Morgan fingerprint density at radius 2 is 0.481 bits per heavy atom. The molecule has 0 aromatic carbocycles. The highest BCUT2D eigenvalue weighted by molar-refractivity contribution is 5.71. The summed E-state index contributed by atoms with van der Waals surface area (Å²) in [6.45, 7) is 6.49. The number of rotatable bonds is 60. The fourth-order valence-electron chi connectivity index (χ4n) is 9.11. The molecule has 0 N–H and O–H groups in total. The monoisotopic (exact) mass is 1120 g/mol. The molecule has 0 aliphatic rings. The summed E-state index contributed by atoms with van der Waals surface area (Å²) in [4.78, 5) is 38.2. The van der Waals surface area contributed by atoms with Crippen molar-refractivity contribution in [1.29, 1.82) is 0 Å². The van der Waals surface area contributed by atoms with Gasteiger partial charge in [-0.3, -0.25) is 14.4 Å². The standard InChI is InChI=1S/C75H124O6/c1-4-7-10-13-16-19-21-23-25-27-29-31-32-33-34-35-36-37-38-39-40-41-42-44-45-47-49-51-53-56-59-62-65-68-74(77)80-71-72(70-79-73(76)67-64-61-58-55-18-15-12-9-6-3)81-75(78)69-66-63-60-57-54-52-50-48-46-43-30-28-26-24-22-20-17-14-11-8-5-2/h7,10,16,19,22-25,28-31,33-34,36-37,39-40,42,44,46,48,72H,4-6,8-9,11-15,17-18,20-21,26-27,32,35,38,41,43,45,47,49-71H2,1-3H3/b10-7-,19-16-,24-22-,25-23-,30-28-,31-29-,34-33-,37-36-,40-39-,44-42-,48-46-. The van der Waals surface area contributed by atoms with E-state index in [1.807, 2.05) is 0 Å². The van der Waals surface area contributed by atoms with E-state index in [4.69, 9.17) is 14.2 Å². The predicted octanol–water partition coefficient (Wildman–Crippen LogP) is 23.3. The lowest BCUT2D eigenvalue weighted by atomic mass is 10.1. The molecule has 0 fully saturated rings. The van der Waals surface area contributed by atoms with Gasteiger partial charge < -0.3 is 14.2 Å². The minimum Gasteiger partial charge on any atom is -0.462 e. The van der Waals surface area contributed by atoms with Gasteiger partial charge in [-0.25, -0.2) is 0 Å². The molecule has 6 nitrogen and oxygen atoms in total. The molecule has 0 saturated heterocycles. The summed E-state index contributed by atoms with van der Waals surface area (Å²) in [5.41, 5.74) is 0. The summed E-state index contributed by atoms with van der Waals surface area (Å²) in [5, 5.41) is 0. The number of carbonyl (C=O) groups is 3. The third-order valence-corrected chi connectivity index (χ3v) is 14.1. The van der Waals surface area contributed by atoms with Crippen LogP contribution in [-0.4, -0.2) is 37.2 Å². The van der Waals surface area contributed by atoms with Crippen molar-refractivity contribution in [2.45, 2.75) is 309 Å². The molecular weight excluding hydrogens is 997 g/mol. The van der Waals surface area contributed by atoms with Crippen LogP contribution >= 0.6 is 0 Å². The Morgan fingerprint density at radius 1 is 0.259 bits per heavy atom. The van der Waals surface area contributed by atoms with Crippen LogP contribution in [-0.2, 0) is 28.6 Å². The maximum atomic E-state index is 12.9. The number of ether oxygens (including phenoxy) is 3. The fourth-order valence-corrected chi connectivity index (χ4v) is 9.11. The average molecular weight is 1120 g/mol. The molecule has 460 valence electrons. The third-order valence-electron chi connectivity index (χ3n) is 14.1. The smallest absolute Gasteiger partial charge is 0.306 e. The number of hydrogen-bond donors (Lipinski definition) is 0. The van der Waals surface area contributed by atoms with Gasteiger partial charge in [-0.2, -0.15) is 0 Å². The average Bonchev–Trinajstić information content (AvgIpc) is 3.47. The van der Waals surface area contributed by atoms with Crippen LogP contribution in [0.4, 0.5) is 0 Å². The highest BCUT2D eigenvalue weighted by atomic mass is 16.6. The van der Waals surface area contributed by atoms with E-state index in [0.29, 0.717) is 19.3 Å². The molecule has 0 amide bonds.